The number of benzene rings is 1. The van der Waals surface area contributed by atoms with Gasteiger partial charge < -0.3 is 10.1 Å². The Labute approximate surface area is 156 Å². The second-order valence-corrected chi connectivity index (χ2v) is 9.31. The fourth-order valence-electron chi connectivity index (χ4n) is 3.76. The van der Waals surface area contributed by atoms with Gasteiger partial charge in [-0.15, -0.1) is 0 Å². The lowest BCUT2D eigenvalue weighted by Gasteiger charge is -2.27. The Hall–Kier alpha value is -1.60. The van der Waals surface area contributed by atoms with E-state index in [1.807, 2.05) is 0 Å². The molecular formula is C19H28N2O4S. The lowest BCUT2D eigenvalue weighted by Crippen LogP contribution is -2.37. The van der Waals surface area contributed by atoms with Gasteiger partial charge in [0.05, 0.1) is 7.11 Å². The van der Waals surface area contributed by atoms with Crippen molar-refractivity contribution in [3.63, 3.8) is 0 Å². The molecule has 1 aromatic carbocycles. The average molecular weight is 381 g/mol. The van der Waals surface area contributed by atoms with E-state index in [9.17, 15) is 13.2 Å². The van der Waals surface area contributed by atoms with E-state index in [1.54, 1.807) is 12.1 Å². The number of nitrogens with zero attached hydrogens (tertiary/aromatic N) is 1. The van der Waals surface area contributed by atoms with Gasteiger partial charge in [0, 0.05) is 24.7 Å². The molecule has 1 aromatic rings. The van der Waals surface area contributed by atoms with Crippen molar-refractivity contribution in [1.82, 2.24) is 9.62 Å². The number of carbonyl (C=O) groups excluding carboxylic acids is 1. The summed E-state index contributed by atoms with van der Waals surface area (Å²) in [6, 6.07) is 4.82. The Morgan fingerprint density at radius 1 is 1.15 bits per heavy atom. The van der Waals surface area contributed by atoms with Crippen molar-refractivity contribution in [3.05, 3.63) is 23.8 Å². The number of ether oxygens (including phenoxy) is 1. The number of nitrogens with one attached hydrogen (secondary N) is 1. The van der Waals surface area contributed by atoms with Crippen LogP contribution in [0.15, 0.2) is 23.1 Å². The van der Waals surface area contributed by atoms with E-state index in [0.29, 0.717) is 24.6 Å². The first kappa shape index (κ1) is 19.2. The number of methoxy groups -OCH3 is 1. The van der Waals surface area contributed by atoms with Gasteiger partial charge >= 0.3 is 0 Å². The third kappa shape index (κ3) is 4.04. The summed E-state index contributed by atoms with van der Waals surface area (Å²) in [4.78, 5) is 12.7. The van der Waals surface area contributed by atoms with Crippen molar-refractivity contribution in [2.45, 2.75) is 56.4 Å². The molecule has 7 heteroatoms. The van der Waals surface area contributed by atoms with Gasteiger partial charge in [-0.25, -0.2) is 8.42 Å². The van der Waals surface area contributed by atoms with Crippen LogP contribution in [0.25, 0.3) is 0 Å². The van der Waals surface area contributed by atoms with Crippen molar-refractivity contribution in [3.8, 4) is 5.75 Å². The molecule has 0 atom stereocenters. The van der Waals surface area contributed by atoms with Crippen LogP contribution in [0.5, 0.6) is 5.75 Å². The molecule has 1 amide bonds. The molecule has 144 valence electrons. The van der Waals surface area contributed by atoms with Crippen LogP contribution >= 0.6 is 0 Å². The summed E-state index contributed by atoms with van der Waals surface area (Å²) in [5.41, 5.74) is 0.363. The molecule has 0 bridgehead atoms. The van der Waals surface area contributed by atoms with Crippen molar-refractivity contribution >= 4 is 15.9 Å². The average Bonchev–Trinajstić information content (AvgIpc) is 3.18. The van der Waals surface area contributed by atoms with Crippen molar-refractivity contribution in [1.29, 1.82) is 0 Å². The van der Waals surface area contributed by atoms with Gasteiger partial charge in [-0.05, 0) is 62.6 Å². The normalized spacial score (nSPS) is 24.4. The Morgan fingerprint density at radius 3 is 2.42 bits per heavy atom. The standard InChI is InChI=1S/C19H28N2O4S/c1-14-5-8-16(9-6-14)20-19(22)15-7-10-17(25-2)18(13-15)26(23,24)21-11-3-4-12-21/h7,10,13-14,16H,3-6,8-9,11-12H2,1-2H3,(H,20,22). The number of rotatable bonds is 5. The summed E-state index contributed by atoms with van der Waals surface area (Å²) in [6.07, 6.45) is 5.90. The van der Waals surface area contributed by atoms with Crippen LogP contribution in [0.1, 0.15) is 55.8 Å². The van der Waals surface area contributed by atoms with Gasteiger partial charge in [-0.1, -0.05) is 6.92 Å². The molecule has 0 spiro atoms. The molecule has 1 aliphatic carbocycles. The molecule has 1 N–H and O–H groups in total. The first-order valence-electron chi connectivity index (χ1n) is 9.41. The number of amides is 1. The zero-order chi connectivity index (χ0) is 18.7. The quantitative estimate of drug-likeness (QED) is 0.852. The number of hydrogen-bond acceptors (Lipinski definition) is 4. The maximum absolute atomic E-state index is 12.9. The largest absolute Gasteiger partial charge is 0.495 e. The highest BCUT2D eigenvalue weighted by molar-refractivity contribution is 7.89. The van der Waals surface area contributed by atoms with E-state index in [1.165, 1.54) is 17.5 Å². The maximum atomic E-state index is 12.9. The van der Waals surface area contributed by atoms with Gasteiger partial charge in [0.25, 0.3) is 5.91 Å². The molecule has 6 nitrogen and oxygen atoms in total. The third-order valence-electron chi connectivity index (χ3n) is 5.46. The van der Waals surface area contributed by atoms with Crippen LogP contribution in [-0.2, 0) is 10.0 Å². The van der Waals surface area contributed by atoms with Crippen molar-refractivity contribution in [2.75, 3.05) is 20.2 Å². The molecule has 2 fully saturated rings. The lowest BCUT2D eigenvalue weighted by molar-refractivity contribution is 0.0922. The summed E-state index contributed by atoms with van der Waals surface area (Å²) in [5, 5.41) is 3.05. The van der Waals surface area contributed by atoms with Gasteiger partial charge in [0.1, 0.15) is 10.6 Å². The minimum atomic E-state index is -3.65. The van der Waals surface area contributed by atoms with E-state index >= 15 is 0 Å². The molecule has 1 saturated carbocycles. The van der Waals surface area contributed by atoms with Gasteiger partial charge in [-0.3, -0.25) is 4.79 Å². The highest BCUT2D eigenvalue weighted by atomic mass is 32.2. The SMILES string of the molecule is COc1ccc(C(=O)NC2CCC(C)CC2)cc1S(=O)(=O)N1CCCC1. The third-order valence-corrected chi connectivity index (χ3v) is 7.38. The molecule has 0 aromatic heterocycles. The van der Waals surface area contributed by atoms with Crippen LogP contribution < -0.4 is 10.1 Å². The lowest BCUT2D eigenvalue weighted by atomic mass is 9.87. The van der Waals surface area contributed by atoms with Crippen LogP contribution in [0, 0.1) is 5.92 Å². The maximum Gasteiger partial charge on any atom is 0.251 e. The Kier molecular flexibility index (Phi) is 5.87. The summed E-state index contributed by atoms with van der Waals surface area (Å²) in [6.45, 7) is 3.27. The second-order valence-electron chi connectivity index (χ2n) is 7.41. The van der Waals surface area contributed by atoms with E-state index in [4.69, 9.17) is 4.74 Å². The molecule has 0 radical (unpaired) electrons. The fraction of sp³-hybridized carbons (Fsp3) is 0.632. The van der Waals surface area contributed by atoms with Crippen LogP contribution in [0.2, 0.25) is 0 Å². The van der Waals surface area contributed by atoms with Gasteiger partial charge in [0.2, 0.25) is 10.0 Å². The monoisotopic (exact) mass is 380 g/mol. The Bertz CT molecular complexity index is 749. The molecule has 1 aliphatic heterocycles. The predicted octanol–water partition coefficient (Wildman–Crippen LogP) is 2.79. The van der Waals surface area contributed by atoms with E-state index < -0.39 is 10.0 Å². The van der Waals surface area contributed by atoms with Crippen molar-refractivity contribution in [2.24, 2.45) is 5.92 Å². The number of carbonyl (C=O) groups is 1. The van der Waals surface area contributed by atoms with Gasteiger partial charge in [0.15, 0.2) is 0 Å². The minimum Gasteiger partial charge on any atom is -0.495 e. The zero-order valence-electron chi connectivity index (χ0n) is 15.5. The van der Waals surface area contributed by atoms with Gasteiger partial charge in [-0.2, -0.15) is 4.31 Å². The molecular weight excluding hydrogens is 352 g/mol. The first-order valence-corrected chi connectivity index (χ1v) is 10.8. The molecule has 2 aliphatic rings. The minimum absolute atomic E-state index is 0.0758. The van der Waals surface area contributed by atoms with E-state index in [-0.39, 0.29) is 22.6 Å². The van der Waals surface area contributed by atoms with E-state index in [2.05, 4.69) is 12.2 Å². The smallest absolute Gasteiger partial charge is 0.251 e. The number of hydrogen-bond donors (Lipinski definition) is 1. The molecule has 3 rings (SSSR count). The number of sulfonamides is 1. The van der Waals surface area contributed by atoms with E-state index in [0.717, 1.165) is 38.5 Å². The Morgan fingerprint density at radius 2 is 1.81 bits per heavy atom. The fourth-order valence-corrected chi connectivity index (χ4v) is 5.46. The summed E-state index contributed by atoms with van der Waals surface area (Å²) >= 11 is 0. The molecule has 0 unspecified atom stereocenters. The predicted molar refractivity (Wildman–Crippen MR) is 99.9 cm³/mol. The first-order chi connectivity index (χ1) is 12.4. The molecule has 1 saturated heterocycles. The highest BCUT2D eigenvalue weighted by Crippen LogP contribution is 2.30. The van der Waals surface area contributed by atoms with Crippen LogP contribution in [-0.4, -0.2) is 44.9 Å². The van der Waals surface area contributed by atoms with Crippen LogP contribution in [0.4, 0.5) is 0 Å². The topological polar surface area (TPSA) is 75.7 Å². The summed E-state index contributed by atoms with van der Waals surface area (Å²) in [7, 11) is -2.20. The highest BCUT2D eigenvalue weighted by Gasteiger charge is 2.31. The second kappa shape index (κ2) is 7.96. The zero-order valence-corrected chi connectivity index (χ0v) is 16.3. The summed E-state index contributed by atoms with van der Waals surface area (Å²) < 4.78 is 32.6. The Balaban J connectivity index is 1.81. The molecule has 26 heavy (non-hydrogen) atoms. The van der Waals surface area contributed by atoms with Crippen molar-refractivity contribution < 1.29 is 17.9 Å². The molecule has 1 heterocycles. The van der Waals surface area contributed by atoms with Crippen LogP contribution in [0.3, 0.4) is 0 Å². The summed E-state index contributed by atoms with van der Waals surface area (Å²) in [5.74, 6) is 0.770.